The summed E-state index contributed by atoms with van der Waals surface area (Å²) in [5, 5.41) is 3.31. The number of nitrogens with one attached hydrogen (secondary N) is 1. The highest BCUT2D eigenvalue weighted by molar-refractivity contribution is 5.74. The molecule has 0 aromatic carbocycles. The Labute approximate surface area is 153 Å². The van der Waals surface area contributed by atoms with Crippen LogP contribution in [0.1, 0.15) is 70.6 Å². The van der Waals surface area contributed by atoms with Gasteiger partial charge in [-0.2, -0.15) is 0 Å². The molecular formula is C20H37N3O2. The molecule has 5 nitrogen and oxygen atoms in total. The van der Waals surface area contributed by atoms with Crippen molar-refractivity contribution in [3.8, 4) is 0 Å². The van der Waals surface area contributed by atoms with Crippen molar-refractivity contribution < 1.29 is 9.53 Å². The Morgan fingerprint density at radius 3 is 2.28 bits per heavy atom. The molecule has 0 aromatic heterocycles. The fourth-order valence-corrected chi connectivity index (χ4v) is 5.03. The van der Waals surface area contributed by atoms with Gasteiger partial charge < -0.3 is 15.0 Å². The number of ether oxygens (including phenoxy) is 1. The maximum absolute atomic E-state index is 12.8. The van der Waals surface area contributed by atoms with E-state index in [1.165, 1.54) is 70.6 Å². The lowest BCUT2D eigenvalue weighted by atomic mass is 9.80. The fraction of sp³-hybridized carbons (Fsp3) is 0.950. The molecule has 0 atom stereocenters. The van der Waals surface area contributed by atoms with Crippen LogP contribution in [-0.2, 0) is 4.74 Å². The number of carbonyl (C=O) groups is 1. The maximum Gasteiger partial charge on any atom is 0.317 e. The minimum absolute atomic E-state index is 0.130. The van der Waals surface area contributed by atoms with E-state index in [4.69, 9.17) is 4.74 Å². The predicted octanol–water partition coefficient (Wildman–Crippen LogP) is 3.39. The van der Waals surface area contributed by atoms with Crippen LogP contribution in [0.3, 0.4) is 0 Å². The Morgan fingerprint density at radius 2 is 1.64 bits per heavy atom. The molecule has 2 amide bonds. The molecule has 3 aliphatic rings. The van der Waals surface area contributed by atoms with E-state index < -0.39 is 0 Å². The van der Waals surface area contributed by atoms with Crippen molar-refractivity contribution in [2.45, 2.75) is 82.2 Å². The average molecular weight is 352 g/mol. The van der Waals surface area contributed by atoms with Gasteiger partial charge in [0.1, 0.15) is 0 Å². The normalized spacial score (nSPS) is 26.0. The Balaban J connectivity index is 1.57. The van der Waals surface area contributed by atoms with Gasteiger partial charge in [-0.3, -0.25) is 4.90 Å². The number of carbonyl (C=O) groups excluding carboxylic acids is 1. The van der Waals surface area contributed by atoms with E-state index in [1.54, 1.807) is 0 Å². The molecule has 0 spiro atoms. The molecule has 2 aliphatic carbocycles. The molecule has 2 saturated carbocycles. The standard InChI is InChI=1S/C20H37N3O2/c1-22(18-9-5-2-3-6-10-18)19(24)21-17-20(11-7-4-8-12-20)23-13-15-25-16-14-23/h18H,2-17H2,1H3,(H,21,24). The minimum Gasteiger partial charge on any atom is -0.379 e. The van der Waals surface area contributed by atoms with E-state index >= 15 is 0 Å². The molecule has 3 rings (SSSR count). The largest absolute Gasteiger partial charge is 0.379 e. The molecule has 0 aromatic rings. The first kappa shape index (κ1) is 19.0. The van der Waals surface area contributed by atoms with Crippen LogP contribution in [0.4, 0.5) is 4.79 Å². The number of nitrogens with zero attached hydrogens (tertiary/aromatic N) is 2. The van der Waals surface area contributed by atoms with Gasteiger partial charge in [-0.15, -0.1) is 0 Å². The number of hydrogen-bond donors (Lipinski definition) is 1. The summed E-state index contributed by atoms with van der Waals surface area (Å²) in [6.07, 6.45) is 13.8. The zero-order chi connectivity index (χ0) is 17.5. The SMILES string of the molecule is CN(C(=O)NCC1(N2CCOCC2)CCCCC1)C1CCCCCC1. The highest BCUT2D eigenvalue weighted by Crippen LogP contribution is 2.34. The van der Waals surface area contributed by atoms with Crippen LogP contribution < -0.4 is 5.32 Å². The van der Waals surface area contributed by atoms with E-state index in [9.17, 15) is 4.79 Å². The summed E-state index contributed by atoms with van der Waals surface area (Å²) in [7, 11) is 1.99. The van der Waals surface area contributed by atoms with Crippen LogP contribution in [0.15, 0.2) is 0 Å². The third-order valence-electron chi connectivity index (χ3n) is 6.73. The summed E-state index contributed by atoms with van der Waals surface area (Å²) >= 11 is 0. The highest BCUT2D eigenvalue weighted by Gasteiger charge is 2.39. The van der Waals surface area contributed by atoms with Gasteiger partial charge in [0.15, 0.2) is 0 Å². The molecule has 1 aliphatic heterocycles. The van der Waals surface area contributed by atoms with Gasteiger partial charge >= 0.3 is 6.03 Å². The van der Waals surface area contributed by atoms with Gasteiger partial charge in [0.25, 0.3) is 0 Å². The van der Waals surface area contributed by atoms with Crippen molar-refractivity contribution in [2.75, 3.05) is 39.9 Å². The second-order valence-corrected chi connectivity index (χ2v) is 8.30. The first-order valence-electron chi connectivity index (χ1n) is 10.5. The first-order valence-corrected chi connectivity index (χ1v) is 10.5. The topological polar surface area (TPSA) is 44.8 Å². The van der Waals surface area contributed by atoms with E-state index in [1.807, 2.05) is 11.9 Å². The third-order valence-corrected chi connectivity index (χ3v) is 6.73. The van der Waals surface area contributed by atoms with Crippen molar-refractivity contribution in [3.63, 3.8) is 0 Å². The van der Waals surface area contributed by atoms with Crippen molar-refractivity contribution in [3.05, 3.63) is 0 Å². The first-order chi connectivity index (χ1) is 12.2. The van der Waals surface area contributed by atoms with Gasteiger partial charge in [0, 0.05) is 38.3 Å². The predicted molar refractivity (Wildman–Crippen MR) is 101 cm³/mol. The average Bonchev–Trinajstić information content (AvgIpc) is 2.96. The Bertz CT molecular complexity index is 409. The monoisotopic (exact) mass is 351 g/mol. The molecule has 0 bridgehead atoms. The fourth-order valence-electron chi connectivity index (χ4n) is 5.03. The second-order valence-electron chi connectivity index (χ2n) is 8.30. The number of rotatable bonds is 4. The Hall–Kier alpha value is -0.810. The maximum atomic E-state index is 12.8. The van der Waals surface area contributed by atoms with Crippen LogP contribution >= 0.6 is 0 Å². The lowest BCUT2D eigenvalue weighted by Crippen LogP contribution is -2.60. The highest BCUT2D eigenvalue weighted by atomic mass is 16.5. The van der Waals surface area contributed by atoms with E-state index in [-0.39, 0.29) is 11.6 Å². The van der Waals surface area contributed by atoms with Crippen LogP contribution in [0.2, 0.25) is 0 Å². The summed E-state index contributed by atoms with van der Waals surface area (Å²) in [5.74, 6) is 0. The number of morpholine rings is 1. The molecule has 25 heavy (non-hydrogen) atoms. The molecular weight excluding hydrogens is 314 g/mol. The smallest absolute Gasteiger partial charge is 0.317 e. The molecule has 5 heteroatoms. The van der Waals surface area contributed by atoms with Gasteiger partial charge in [-0.05, 0) is 25.7 Å². The quantitative estimate of drug-likeness (QED) is 0.790. The molecule has 1 N–H and O–H groups in total. The van der Waals surface area contributed by atoms with E-state index in [2.05, 4.69) is 10.2 Å². The van der Waals surface area contributed by atoms with Crippen molar-refractivity contribution >= 4 is 6.03 Å². The molecule has 144 valence electrons. The van der Waals surface area contributed by atoms with Crippen molar-refractivity contribution in [1.29, 1.82) is 0 Å². The molecule has 0 radical (unpaired) electrons. The van der Waals surface area contributed by atoms with Crippen LogP contribution in [-0.4, -0.2) is 67.3 Å². The number of hydrogen-bond acceptors (Lipinski definition) is 3. The summed E-state index contributed by atoms with van der Waals surface area (Å²) in [6.45, 7) is 4.47. The van der Waals surface area contributed by atoms with Crippen LogP contribution in [0, 0.1) is 0 Å². The van der Waals surface area contributed by atoms with Crippen molar-refractivity contribution in [1.82, 2.24) is 15.1 Å². The van der Waals surface area contributed by atoms with Gasteiger partial charge in [0.05, 0.1) is 13.2 Å². The number of urea groups is 1. The van der Waals surface area contributed by atoms with E-state index in [0.29, 0.717) is 6.04 Å². The zero-order valence-corrected chi connectivity index (χ0v) is 16.1. The molecule has 1 saturated heterocycles. The lowest BCUT2D eigenvalue weighted by molar-refractivity contribution is -0.0361. The second kappa shape index (κ2) is 9.22. The lowest BCUT2D eigenvalue weighted by Gasteiger charge is -2.48. The number of amides is 2. The summed E-state index contributed by atoms with van der Waals surface area (Å²) in [5.41, 5.74) is 0.155. The van der Waals surface area contributed by atoms with Gasteiger partial charge in [0.2, 0.25) is 0 Å². The molecule has 0 unspecified atom stereocenters. The zero-order valence-electron chi connectivity index (χ0n) is 16.1. The Kier molecular flexibility index (Phi) is 7.00. The summed E-state index contributed by atoms with van der Waals surface area (Å²) in [4.78, 5) is 17.4. The summed E-state index contributed by atoms with van der Waals surface area (Å²) < 4.78 is 5.55. The Morgan fingerprint density at radius 1 is 1.04 bits per heavy atom. The van der Waals surface area contributed by atoms with Crippen LogP contribution in [0.25, 0.3) is 0 Å². The molecule has 3 fully saturated rings. The van der Waals surface area contributed by atoms with Gasteiger partial charge in [-0.25, -0.2) is 4.79 Å². The van der Waals surface area contributed by atoms with Crippen molar-refractivity contribution in [2.24, 2.45) is 0 Å². The third kappa shape index (κ3) is 4.88. The van der Waals surface area contributed by atoms with Crippen LogP contribution in [0.5, 0.6) is 0 Å². The molecule has 1 heterocycles. The van der Waals surface area contributed by atoms with E-state index in [0.717, 1.165) is 32.8 Å². The summed E-state index contributed by atoms with van der Waals surface area (Å²) in [6, 6.07) is 0.554. The minimum atomic E-state index is 0.130. The van der Waals surface area contributed by atoms with Gasteiger partial charge in [-0.1, -0.05) is 44.9 Å².